The number of Topliss-reactive ketones (excluding diaryl/α,β-unsaturated/α-hetero) is 1. The van der Waals surface area contributed by atoms with Crippen LogP contribution in [0.4, 0.5) is 0 Å². The molecule has 1 N–H and O–H groups in total. The van der Waals surface area contributed by atoms with Gasteiger partial charge in [-0.25, -0.2) is 0 Å². The third kappa shape index (κ3) is 4.98. The van der Waals surface area contributed by atoms with Crippen molar-refractivity contribution in [2.75, 3.05) is 20.1 Å². The van der Waals surface area contributed by atoms with Gasteiger partial charge in [-0.3, -0.25) is 4.79 Å². The lowest BCUT2D eigenvalue weighted by Crippen LogP contribution is -2.30. The number of nitrogens with zero attached hydrogens (tertiary/aromatic N) is 1. The first-order valence-corrected chi connectivity index (χ1v) is 6.46. The van der Waals surface area contributed by atoms with Crippen molar-refractivity contribution >= 4 is 5.78 Å². The fourth-order valence-electron chi connectivity index (χ4n) is 1.94. The van der Waals surface area contributed by atoms with E-state index in [2.05, 4.69) is 4.90 Å². The monoisotopic (exact) mass is 249 g/mol. The summed E-state index contributed by atoms with van der Waals surface area (Å²) < 4.78 is 0. The maximum atomic E-state index is 12.1. The molecule has 0 radical (unpaired) electrons. The Morgan fingerprint density at radius 2 is 1.89 bits per heavy atom. The zero-order valence-electron chi connectivity index (χ0n) is 11.5. The first-order chi connectivity index (χ1) is 8.50. The number of benzene rings is 1. The Morgan fingerprint density at radius 1 is 1.28 bits per heavy atom. The van der Waals surface area contributed by atoms with Gasteiger partial charge in [-0.1, -0.05) is 37.3 Å². The molecule has 0 bridgehead atoms. The highest BCUT2D eigenvalue weighted by Crippen LogP contribution is 2.10. The Morgan fingerprint density at radius 3 is 2.44 bits per heavy atom. The largest absolute Gasteiger partial charge is 0.393 e. The first kappa shape index (κ1) is 14.9. The number of aliphatic hydroxyl groups is 1. The minimum Gasteiger partial charge on any atom is -0.393 e. The van der Waals surface area contributed by atoms with Crippen LogP contribution in [0.1, 0.15) is 30.6 Å². The van der Waals surface area contributed by atoms with Gasteiger partial charge >= 0.3 is 0 Å². The van der Waals surface area contributed by atoms with Crippen molar-refractivity contribution in [1.29, 1.82) is 0 Å². The topological polar surface area (TPSA) is 40.5 Å². The van der Waals surface area contributed by atoms with Crippen molar-refractivity contribution in [1.82, 2.24) is 4.90 Å². The maximum Gasteiger partial charge on any atom is 0.166 e. The van der Waals surface area contributed by atoms with Gasteiger partial charge in [-0.15, -0.1) is 0 Å². The number of ketones is 1. The summed E-state index contributed by atoms with van der Waals surface area (Å²) in [7, 11) is 1.98. The number of carbonyl (C=O) groups excluding carboxylic acids is 1. The van der Waals surface area contributed by atoms with E-state index < -0.39 is 0 Å². The zero-order valence-corrected chi connectivity index (χ0v) is 11.5. The van der Waals surface area contributed by atoms with Gasteiger partial charge in [-0.2, -0.15) is 0 Å². The molecular formula is C15H23NO2. The molecule has 100 valence electrons. The molecule has 0 heterocycles. The van der Waals surface area contributed by atoms with E-state index in [9.17, 15) is 9.90 Å². The molecule has 0 aliphatic rings. The second-order valence-corrected chi connectivity index (χ2v) is 5.03. The molecular weight excluding hydrogens is 226 g/mol. The summed E-state index contributed by atoms with van der Waals surface area (Å²) in [5, 5.41) is 9.23. The number of hydrogen-bond acceptors (Lipinski definition) is 3. The van der Waals surface area contributed by atoms with E-state index in [1.165, 1.54) is 0 Å². The van der Waals surface area contributed by atoms with Gasteiger partial charge in [0.25, 0.3) is 0 Å². The molecule has 3 heteroatoms. The summed E-state index contributed by atoms with van der Waals surface area (Å²) in [4.78, 5) is 14.2. The second kappa shape index (κ2) is 7.29. The minimum absolute atomic E-state index is 0.0219. The molecule has 2 atom stereocenters. The third-order valence-electron chi connectivity index (χ3n) is 3.02. The molecule has 0 saturated heterocycles. The normalized spacial score (nSPS) is 14.5. The average Bonchev–Trinajstić information content (AvgIpc) is 2.36. The van der Waals surface area contributed by atoms with Crippen molar-refractivity contribution in [3.63, 3.8) is 0 Å². The molecule has 2 unspecified atom stereocenters. The van der Waals surface area contributed by atoms with Crippen LogP contribution in [0.2, 0.25) is 0 Å². The summed E-state index contributed by atoms with van der Waals surface area (Å²) in [5.41, 5.74) is 0.772. The highest BCUT2D eigenvalue weighted by molar-refractivity contribution is 5.97. The van der Waals surface area contributed by atoms with Gasteiger partial charge in [0.05, 0.1) is 6.10 Å². The van der Waals surface area contributed by atoms with Crippen LogP contribution in [0.3, 0.4) is 0 Å². The lowest BCUT2D eigenvalue weighted by atomic mass is 9.99. The molecule has 0 amide bonds. The third-order valence-corrected chi connectivity index (χ3v) is 3.02. The van der Waals surface area contributed by atoms with Crippen LogP contribution in [-0.2, 0) is 0 Å². The first-order valence-electron chi connectivity index (χ1n) is 6.46. The molecule has 1 aromatic rings. The van der Waals surface area contributed by atoms with Crippen LogP contribution in [-0.4, -0.2) is 42.0 Å². The van der Waals surface area contributed by atoms with Gasteiger partial charge in [0.15, 0.2) is 5.78 Å². The fourth-order valence-corrected chi connectivity index (χ4v) is 1.94. The number of aliphatic hydroxyl groups excluding tert-OH is 1. The van der Waals surface area contributed by atoms with Crippen molar-refractivity contribution in [3.05, 3.63) is 35.9 Å². The zero-order chi connectivity index (χ0) is 13.5. The smallest absolute Gasteiger partial charge is 0.166 e. The molecule has 1 rings (SSSR count). The average molecular weight is 249 g/mol. The van der Waals surface area contributed by atoms with Crippen molar-refractivity contribution in [2.45, 2.75) is 26.4 Å². The predicted octanol–water partition coefficient (Wildman–Crippen LogP) is 2.21. The fraction of sp³-hybridized carbons (Fsp3) is 0.533. The van der Waals surface area contributed by atoms with Crippen molar-refractivity contribution in [2.24, 2.45) is 5.92 Å². The Bertz CT molecular complexity index is 362. The summed E-state index contributed by atoms with van der Waals surface area (Å²) >= 11 is 0. The van der Waals surface area contributed by atoms with E-state index in [-0.39, 0.29) is 17.8 Å². The van der Waals surface area contributed by atoms with Crippen LogP contribution >= 0.6 is 0 Å². The summed E-state index contributed by atoms with van der Waals surface area (Å²) in [6.07, 6.45) is 0.454. The predicted molar refractivity (Wildman–Crippen MR) is 73.7 cm³/mol. The van der Waals surface area contributed by atoms with E-state index in [1.54, 1.807) is 6.92 Å². The molecule has 0 aliphatic heterocycles. The SMILES string of the molecule is CC(O)CCN(C)CC(C)C(=O)c1ccccc1. The Labute approximate surface area is 109 Å². The molecule has 0 saturated carbocycles. The molecule has 1 aromatic carbocycles. The highest BCUT2D eigenvalue weighted by Gasteiger charge is 2.16. The minimum atomic E-state index is -0.285. The van der Waals surface area contributed by atoms with Crippen molar-refractivity contribution < 1.29 is 9.90 Å². The van der Waals surface area contributed by atoms with Crippen LogP contribution in [0.15, 0.2) is 30.3 Å². The quantitative estimate of drug-likeness (QED) is 0.753. The van der Waals surface area contributed by atoms with E-state index >= 15 is 0 Å². The molecule has 18 heavy (non-hydrogen) atoms. The second-order valence-electron chi connectivity index (χ2n) is 5.03. The van der Waals surface area contributed by atoms with E-state index in [1.807, 2.05) is 44.3 Å². The number of hydrogen-bond donors (Lipinski definition) is 1. The van der Waals surface area contributed by atoms with Gasteiger partial charge in [0, 0.05) is 24.6 Å². The Balaban J connectivity index is 2.45. The lowest BCUT2D eigenvalue weighted by molar-refractivity contribution is 0.0896. The van der Waals surface area contributed by atoms with E-state index in [0.717, 1.165) is 25.1 Å². The van der Waals surface area contributed by atoms with Crippen LogP contribution in [0, 0.1) is 5.92 Å². The molecule has 3 nitrogen and oxygen atoms in total. The van der Waals surface area contributed by atoms with E-state index in [0.29, 0.717) is 0 Å². The standard InChI is InChI=1S/C15H23NO2/c1-12(11-16(3)10-9-13(2)17)15(18)14-7-5-4-6-8-14/h4-8,12-13,17H,9-11H2,1-3H3. The van der Waals surface area contributed by atoms with Crippen LogP contribution < -0.4 is 0 Å². The molecule has 0 aliphatic carbocycles. The number of rotatable bonds is 7. The maximum absolute atomic E-state index is 12.1. The van der Waals surface area contributed by atoms with Crippen LogP contribution in [0.5, 0.6) is 0 Å². The van der Waals surface area contributed by atoms with Gasteiger partial charge in [0.1, 0.15) is 0 Å². The van der Waals surface area contributed by atoms with Gasteiger partial charge in [-0.05, 0) is 20.4 Å². The number of carbonyl (C=O) groups is 1. The van der Waals surface area contributed by atoms with Crippen LogP contribution in [0.25, 0.3) is 0 Å². The molecule has 0 aromatic heterocycles. The lowest BCUT2D eigenvalue weighted by Gasteiger charge is -2.21. The summed E-state index contributed by atoms with van der Waals surface area (Å²) in [5.74, 6) is 0.158. The van der Waals surface area contributed by atoms with Crippen molar-refractivity contribution in [3.8, 4) is 0 Å². The molecule has 0 spiro atoms. The van der Waals surface area contributed by atoms with E-state index in [4.69, 9.17) is 0 Å². The van der Waals surface area contributed by atoms with Gasteiger partial charge in [0.2, 0.25) is 0 Å². The Kier molecular flexibility index (Phi) is 6.02. The summed E-state index contributed by atoms with van der Waals surface area (Å²) in [6, 6.07) is 9.40. The summed E-state index contributed by atoms with van der Waals surface area (Å²) in [6.45, 7) is 5.27. The molecule has 0 fully saturated rings. The highest BCUT2D eigenvalue weighted by atomic mass is 16.3. The Hall–Kier alpha value is -1.19. The van der Waals surface area contributed by atoms with Gasteiger partial charge < -0.3 is 10.0 Å².